The minimum atomic E-state index is -0.545. The van der Waals surface area contributed by atoms with E-state index in [0.29, 0.717) is 5.57 Å². The van der Waals surface area contributed by atoms with Crippen molar-refractivity contribution in [2.24, 2.45) is 5.92 Å². The van der Waals surface area contributed by atoms with Crippen LogP contribution in [0.15, 0.2) is 40.5 Å². The lowest BCUT2D eigenvalue weighted by atomic mass is 10.0. The number of aryl methyl sites for hydroxylation is 1. The molecule has 1 atom stereocenters. The molecule has 0 bridgehead atoms. The van der Waals surface area contributed by atoms with Crippen molar-refractivity contribution in [1.29, 1.82) is 0 Å². The lowest BCUT2D eigenvalue weighted by Crippen LogP contribution is -2.02. The molecule has 0 N–H and O–H groups in total. The van der Waals surface area contributed by atoms with Gasteiger partial charge in [-0.25, -0.2) is 4.79 Å². The summed E-state index contributed by atoms with van der Waals surface area (Å²) in [4.78, 5) is 22.4. The number of carbonyl (C=O) groups excluding carboxylic acids is 2. The number of allylic oxidation sites excluding steroid dienone is 3. The summed E-state index contributed by atoms with van der Waals surface area (Å²) in [5.41, 5.74) is 1.47. The minimum absolute atomic E-state index is 0.402. The van der Waals surface area contributed by atoms with Crippen molar-refractivity contribution < 1.29 is 18.7 Å². The van der Waals surface area contributed by atoms with Gasteiger partial charge in [-0.2, -0.15) is 0 Å². The Balaban J connectivity index is 1.98. The van der Waals surface area contributed by atoms with Crippen molar-refractivity contribution in [1.82, 2.24) is 0 Å². The van der Waals surface area contributed by atoms with Gasteiger partial charge >= 0.3 is 11.9 Å². The Morgan fingerprint density at radius 3 is 2.72 bits per heavy atom. The third-order valence-electron chi connectivity index (χ3n) is 2.80. The molecule has 0 spiro atoms. The summed E-state index contributed by atoms with van der Waals surface area (Å²) in [7, 11) is 0. The molecule has 1 fully saturated rings. The highest BCUT2D eigenvalue weighted by Gasteiger charge is 2.34. The molecule has 2 rings (SSSR count). The predicted octanol–water partition coefficient (Wildman–Crippen LogP) is 2.33. The number of ether oxygens (including phenoxy) is 1. The first-order chi connectivity index (χ1) is 8.58. The summed E-state index contributed by atoms with van der Waals surface area (Å²) >= 11 is 0. The van der Waals surface area contributed by atoms with E-state index >= 15 is 0 Å². The number of esters is 2. The van der Waals surface area contributed by atoms with E-state index in [9.17, 15) is 9.59 Å². The SMILES string of the molecule is Cc1cc(CC=CC=C2C(=O)OC(=O)C2C)co1. The molecule has 94 valence electrons. The standard InChI is InChI=1S/C14H14O4/c1-9-7-11(8-17-9)5-3-4-6-12-10(2)13(15)18-14(12)16/h3-4,6-8,10H,5H2,1-2H3. The fraction of sp³-hybridized carbons (Fsp3) is 0.286. The van der Waals surface area contributed by atoms with Crippen LogP contribution in [0, 0.1) is 12.8 Å². The summed E-state index contributed by atoms with van der Waals surface area (Å²) in [6, 6.07) is 1.95. The molecule has 0 amide bonds. The van der Waals surface area contributed by atoms with Crippen molar-refractivity contribution in [3.8, 4) is 0 Å². The second-order valence-electron chi connectivity index (χ2n) is 4.25. The van der Waals surface area contributed by atoms with Crippen molar-refractivity contribution in [2.45, 2.75) is 20.3 Å². The largest absolute Gasteiger partial charge is 0.469 e. The van der Waals surface area contributed by atoms with Gasteiger partial charge in [0.05, 0.1) is 17.8 Å². The average molecular weight is 246 g/mol. The van der Waals surface area contributed by atoms with Crippen molar-refractivity contribution in [3.63, 3.8) is 0 Å². The maximum absolute atomic E-state index is 11.3. The first-order valence-corrected chi connectivity index (χ1v) is 5.74. The second kappa shape index (κ2) is 5.04. The highest BCUT2D eigenvalue weighted by molar-refractivity contribution is 6.07. The smallest absolute Gasteiger partial charge is 0.342 e. The molecule has 0 saturated carbocycles. The van der Waals surface area contributed by atoms with Gasteiger partial charge in [0.2, 0.25) is 0 Å². The molecule has 0 aliphatic carbocycles. The molecule has 1 aliphatic rings. The minimum Gasteiger partial charge on any atom is -0.469 e. The number of carbonyl (C=O) groups is 2. The van der Waals surface area contributed by atoms with E-state index in [1.165, 1.54) is 0 Å². The molecule has 1 aliphatic heterocycles. The summed E-state index contributed by atoms with van der Waals surface area (Å²) < 4.78 is 9.68. The van der Waals surface area contributed by atoms with Gasteiger partial charge in [0.1, 0.15) is 5.76 Å². The van der Waals surface area contributed by atoms with Crippen molar-refractivity contribution in [3.05, 3.63) is 47.5 Å². The Hall–Kier alpha value is -2.10. The normalized spacial score (nSPS) is 22.1. The van der Waals surface area contributed by atoms with Crippen LogP contribution in [-0.4, -0.2) is 11.9 Å². The van der Waals surface area contributed by atoms with E-state index in [-0.39, 0.29) is 0 Å². The molecular weight excluding hydrogens is 232 g/mol. The van der Waals surface area contributed by atoms with Gasteiger partial charge in [-0.3, -0.25) is 4.79 Å². The fourth-order valence-corrected chi connectivity index (χ4v) is 1.74. The molecule has 1 aromatic heterocycles. The first kappa shape index (κ1) is 12.4. The first-order valence-electron chi connectivity index (χ1n) is 5.74. The molecule has 1 aromatic rings. The van der Waals surface area contributed by atoms with Crippen LogP contribution in [0.25, 0.3) is 0 Å². The Morgan fingerprint density at radius 2 is 2.17 bits per heavy atom. The van der Waals surface area contributed by atoms with Gasteiger partial charge in [0.25, 0.3) is 0 Å². The zero-order chi connectivity index (χ0) is 13.1. The van der Waals surface area contributed by atoms with E-state index in [4.69, 9.17) is 4.42 Å². The van der Waals surface area contributed by atoms with Crippen LogP contribution in [0.4, 0.5) is 0 Å². The van der Waals surface area contributed by atoms with Gasteiger partial charge < -0.3 is 9.15 Å². The highest BCUT2D eigenvalue weighted by Crippen LogP contribution is 2.21. The summed E-state index contributed by atoms with van der Waals surface area (Å²) in [5, 5.41) is 0. The van der Waals surface area contributed by atoms with Gasteiger partial charge in [0, 0.05) is 0 Å². The summed E-state index contributed by atoms with van der Waals surface area (Å²) in [5.74, 6) is -0.630. The van der Waals surface area contributed by atoms with E-state index in [2.05, 4.69) is 4.74 Å². The van der Waals surface area contributed by atoms with E-state index in [1.807, 2.05) is 19.1 Å². The zero-order valence-electron chi connectivity index (χ0n) is 10.3. The quantitative estimate of drug-likeness (QED) is 0.466. The molecule has 4 nitrogen and oxygen atoms in total. The zero-order valence-corrected chi connectivity index (χ0v) is 10.3. The van der Waals surface area contributed by atoms with E-state index in [0.717, 1.165) is 17.7 Å². The molecule has 18 heavy (non-hydrogen) atoms. The summed E-state index contributed by atoms with van der Waals surface area (Å²) in [6.07, 6.45) is 7.71. The maximum atomic E-state index is 11.3. The van der Waals surface area contributed by atoms with Crippen LogP contribution >= 0.6 is 0 Å². The maximum Gasteiger partial charge on any atom is 0.342 e. The lowest BCUT2D eigenvalue weighted by molar-refractivity contribution is -0.152. The monoisotopic (exact) mass is 246 g/mol. The Labute approximate surface area is 105 Å². The van der Waals surface area contributed by atoms with Crippen molar-refractivity contribution >= 4 is 11.9 Å². The lowest BCUT2D eigenvalue weighted by Gasteiger charge is -1.93. The van der Waals surface area contributed by atoms with Gasteiger partial charge in [0.15, 0.2) is 0 Å². The number of rotatable bonds is 3. The van der Waals surface area contributed by atoms with Gasteiger partial charge in [-0.1, -0.05) is 18.2 Å². The highest BCUT2D eigenvalue weighted by atomic mass is 16.6. The molecular formula is C14H14O4. The number of hydrogen-bond donors (Lipinski definition) is 0. The molecule has 0 radical (unpaired) electrons. The number of furan rings is 1. The second-order valence-corrected chi connectivity index (χ2v) is 4.25. The molecule has 0 aromatic carbocycles. The molecule has 4 heteroatoms. The molecule has 1 unspecified atom stereocenters. The van der Waals surface area contributed by atoms with Crippen LogP contribution in [0.3, 0.4) is 0 Å². The third-order valence-corrected chi connectivity index (χ3v) is 2.80. The average Bonchev–Trinajstić information content (AvgIpc) is 2.82. The van der Waals surface area contributed by atoms with E-state index in [1.54, 1.807) is 25.3 Å². The fourth-order valence-electron chi connectivity index (χ4n) is 1.74. The van der Waals surface area contributed by atoms with Crippen LogP contribution < -0.4 is 0 Å². The van der Waals surface area contributed by atoms with Crippen LogP contribution in [-0.2, 0) is 20.7 Å². The topological polar surface area (TPSA) is 56.5 Å². The molecule has 2 heterocycles. The van der Waals surface area contributed by atoms with E-state index < -0.39 is 17.9 Å². The predicted molar refractivity (Wildman–Crippen MR) is 64.6 cm³/mol. The molecule has 1 saturated heterocycles. The van der Waals surface area contributed by atoms with Crippen LogP contribution in [0.2, 0.25) is 0 Å². The van der Waals surface area contributed by atoms with Crippen LogP contribution in [0.1, 0.15) is 18.2 Å². The Kier molecular flexibility index (Phi) is 3.46. The number of hydrogen-bond acceptors (Lipinski definition) is 4. The Bertz CT molecular complexity index is 534. The van der Waals surface area contributed by atoms with Gasteiger partial charge in [-0.05, 0) is 31.9 Å². The number of cyclic esters (lactones) is 2. The summed E-state index contributed by atoms with van der Waals surface area (Å²) in [6.45, 7) is 3.54. The van der Waals surface area contributed by atoms with Crippen LogP contribution in [0.5, 0.6) is 0 Å². The van der Waals surface area contributed by atoms with Crippen molar-refractivity contribution in [2.75, 3.05) is 0 Å². The third kappa shape index (κ3) is 2.59. The van der Waals surface area contributed by atoms with Gasteiger partial charge in [-0.15, -0.1) is 0 Å². The Morgan fingerprint density at radius 1 is 1.39 bits per heavy atom.